The summed E-state index contributed by atoms with van der Waals surface area (Å²) >= 11 is 0. The van der Waals surface area contributed by atoms with Gasteiger partial charge in [-0.1, -0.05) is 0 Å². The lowest BCUT2D eigenvalue weighted by Gasteiger charge is -2.48. The Morgan fingerprint density at radius 3 is 2.02 bits per heavy atom. The van der Waals surface area contributed by atoms with Crippen LogP contribution in [0.4, 0.5) is 48.2 Å². The molecule has 0 spiro atoms. The zero-order chi connectivity index (χ0) is 35.8. The van der Waals surface area contributed by atoms with Crippen LogP contribution in [0, 0.1) is 23.7 Å². The number of fused-ring (bicyclic) bond motifs is 3. The molecule has 12 nitrogen and oxygen atoms in total. The van der Waals surface area contributed by atoms with Gasteiger partial charge in [0.1, 0.15) is 5.75 Å². The second-order valence-corrected chi connectivity index (χ2v) is 12.2. The van der Waals surface area contributed by atoms with E-state index in [1.807, 2.05) is 5.32 Å². The molecule has 5 rings (SSSR count). The number of nitrogens with one attached hydrogen (secondary N) is 2. The van der Waals surface area contributed by atoms with Gasteiger partial charge in [0.05, 0.1) is 28.3 Å². The molecule has 3 amide bonds. The summed E-state index contributed by atoms with van der Waals surface area (Å²) in [5, 5.41) is 26.5. The lowest BCUT2D eigenvalue weighted by Crippen LogP contribution is -2.68. The van der Waals surface area contributed by atoms with E-state index in [9.17, 15) is 65.3 Å². The monoisotopic (exact) mass is 684 g/mol. The van der Waals surface area contributed by atoms with Crippen LogP contribution in [0.3, 0.4) is 0 Å². The Bertz CT molecular complexity index is 1770. The van der Waals surface area contributed by atoms with Crippen LogP contribution >= 0.6 is 0 Å². The maximum Gasteiger partial charge on any atom is 0.416 e. The van der Waals surface area contributed by atoms with E-state index in [0.29, 0.717) is 0 Å². The number of hydrogen-bond acceptors (Lipinski definition) is 9. The van der Waals surface area contributed by atoms with Gasteiger partial charge in [-0.15, -0.1) is 0 Å². The number of Topliss-reactive ketones (excluding diaryl/α,β-unsaturated/α-hetero) is 4. The topological polar surface area (TPSA) is 196 Å². The van der Waals surface area contributed by atoms with Crippen molar-refractivity contribution in [1.29, 1.82) is 0 Å². The highest BCUT2D eigenvalue weighted by molar-refractivity contribution is 6.31. The zero-order valence-corrected chi connectivity index (χ0v) is 24.9. The van der Waals surface area contributed by atoms with E-state index in [-0.39, 0.29) is 42.3 Å². The maximum absolute atomic E-state index is 13.9. The first-order valence-electron chi connectivity index (χ1n) is 14.2. The first-order valence-corrected chi connectivity index (χ1v) is 14.2. The third-order valence-electron chi connectivity index (χ3n) is 8.95. The Kier molecular flexibility index (Phi) is 8.09. The Balaban J connectivity index is 1.51. The van der Waals surface area contributed by atoms with E-state index in [4.69, 9.17) is 5.73 Å². The van der Waals surface area contributed by atoms with Gasteiger partial charge in [0.25, 0.3) is 0 Å². The van der Waals surface area contributed by atoms with Crippen molar-refractivity contribution in [3.05, 3.63) is 46.5 Å². The fraction of sp³-hybridized carbons (Fsp3) is 0.400. The van der Waals surface area contributed by atoms with Gasteiger partial charge < -0.3 is 31.5 Å². The van der Waals surface area contributed by atoms with Crippen molar-refractivity contribution in [3.8, 4) is 5.75 Å². The zero-order valence-electron chi connectivity index (χ0n) is 24.9. The third kappa shape index (κ3) is 5.52. The van der Waals surface area contributed by atoms with Crippen molar-refractivity contribution in [3.63, 3.8) is 0 Å². The fourth-order valence-electron chi connectivity index (χ4n) is 6.82. The predicted molar refractivity (Wildman–Crippen MR) is 152 cm³/mol. The van der Waals surface area contributed by atoms with Gasteiger partial charge in [0.2, 0.25) is 5.91 Å². The number of amides is 3. The maximum atomic E-state index is 13.9. The van der Waals surface area contributed by atoms with E-state index < -0.39 is 117 Å². The number of phenolic OH excluding ortho intramolecular Hbond substituents is 1. The normalized spacial score (nSPS) is 25.5. The second-order valence-electron chi connectivity index (χ2n) is 12.2. The van der Waals surface area contributed by atoms with Crippen molar-refractivity contribution in [2.24, 2.45) is 29.4 Å². The van der Waals surface area contributed by atoms with Crippen LogP contribution < -0.4 is 21.3 Å². The second kappa shape index (κ2) is 11.3. The lowest BCUT2D eigenvalue weighted by molar-refractivity contribution is -0.175. The Morgan fingerprint density at radius 2 is 1.50 bits per heavy atom. The van der Waals surface area contributed by atoms with E-state index in [1.165, 1.54) is 25.1 Å². The van der Waals surface area contributed by atoms with Crippen LogP contribution in [-0.2, 0) is 38.0 Å². The van der Waals surface area contributed by atoms with Crippen LogP contribution in [0.5, 0.6) is 5.75 Å². The fourth-order valence-corrected chi connectivity index (χ4v) is 6.82. The molecule has 2 aromatic rings. The highest BCUT2D eigenvalue weighted by Gasteiger charge is 2.66. The minimum absolute atomic E-state index is 0.0936. The summed E-state index contributed by atoms with van der Waals surface area (Å²) in [6.45, 7) is 0. The molecule has 2 saturated carbocycles. The molecule has 0 saturated heterocycles. The average Bonchev–Trinajstić information content (AvgIpc) is 2.94. The number of rotatable bonds is 4. The summed E-state index contributed by atoms with van der Waals surface area (Å²) in [4.78, 5) is 79.4. The third-order valence-corrected chi connectivity index (χ3v) is 8.95. The molecule has 0 aromatic heterocycles. The van der Waals surface area contributed by atoms with E-state index in [1.54, 1.807) is 0 Å². The molecule has 2 unspecified atom stereocenters. The highest BCUT2D eigenvalue weighted by Crippen LogP contribution is 2.52. The number of nitrogens with zero attached hydrogens (tertiary/aromatic N) is 1. The minimum Gasteiger partial charge on any atom is -0.505 e. The van der Waals surface area contributed by atoms with Crippen molar-refractivity contribution >= 4 is 52.1 Å². The molecule has 3 aliphatic carbocycles. The first kappa shape index (κ1) is 34.3. The molecule has 48 heavy (non-hydrogen) atoms. The number of alkyl halides is 6. The van der Waals surface area contributed by atoms with Crippen molar-refractivity contribution < 1.29 is 65.3 Å². The number of urea groups is 1. The molecule has 0 heterocycles. The standard InChI is InChI=1S/C30H26F6N4O8/c1-40(2)17-9-16(39-27(47)38-14-6-12(29(31,32)33)5-13(7-14)30(34,35)36)22(42)20-15(17)4-10-3-11-8-18(41)21(26(37)46)25(45)28(11,48)24(44)19(10)23(20)43/h5-7,9-11,19,21,42,48H,3-4,8H2,1-2H3,(H2,37,46)(H2,38,39,47)/t10-,11+,19?,21?,28+/m1/s1. The number of primary amides is 1. The SMILES string of the molecule is CN(C)c1cc(NC(=O)Nc2cc(C(F)(F)F)cc(C(F)(F)F)c2)c(O)c2c1C[C@H]1C[C@H]3CC(=O)C(C(N)=O)C(=O)[C@@]3(O)C(=O)C1C2=O. The van der Waals surface area contributed by atoms with Crippen LogP contribution in [-0.4, -0.2) is 65.0 Å². The lowest BCUT2D eigenvalue weighted by atomic mass is 9.53. The van der Waals surface area contributed by atoms with Gasteiger partial charge in [-0.05, 0) is 48.6 Å². The number of halogens is 6. The summed E-state index contributed by atoms with van der Waals surface area (Å²) in [6.07, 6.45) is -11.2. The molecule has 2 fully saturated rings. The van der Waals surface area contributed by atoms with Gasteiger partial charge >= 0.3 is 18.4 Å². The Labute approximate surface area is 266 Å². The molecular weight excluding hydrogens is 658 g/mol. The number of ketones is 4. The average molecular weight is 685 g/mol. The molecule has 0 bridgehead atoms. The number of hydrogen-bond donors (Lipinski definition) is 5. The molecule has 0 aliphatic heterocycles. The molecule has 2 aromatic carbocycles. The molecule has 256 valence electrons. The number of carbonyl (C=O) groups excluding carboxylic acids is 6. The van der Waals surface area contributed by atoms with Gasteiger partial charge in [-0.25, -0.2) is 4.79 Å². The predicted octanol–water partition coefficient (Wildman–Crippen LogP) is 3.07. The molecule has 18 heteroatoms. The molecular formula is C30H26F6N4O8. The number of aromatic hydroxyl groups is 1. The van der Waals surface area contributed by atoms with Crippen LogP contribution in [0.1, 0.15) is 39.9 Å². The number of nitrogens with two attached hydrogens (primary N) is 1. The molecule has 0 radical (unpaired) electrons. The number of benzene rings is 2. The van der Waals surface area contributed by atoms with Crippen molar-refractivity contribution in [2.75, 3.05) is 29.6 Å². The minimum atomic E-state index is -5.20. The Morgan fingerprint density at radius 1 is 0.917 bits per heavy atom. The summed E-state index contributed by atoms with van der Waals surface area (Å²) < 4.78 is 79.7. The largest absolute Gasteiger partial charge is 0.505 e. The summed E-state index contributed by atoms with van der Waals surface area (Å²) in [6, 6.07) is 0.140. The Hall–Kier alpha value is -5.00. The number of phenols is 1. The quantitative estimate of drug-likeness (QED) is 0.183. The van der Waals surface area contributed by atoms with Gasteiger partial charge in [-0.3, -0.25) is 24.0 Å². The van der Waals surface area contributed by atoms with E-state index >= 15 is 0 Å². The summed E-state index contributed by atoms with van der Waals surface area (Å²) in [7, 11) is 3.03. The molecule has 6 N–H and O–H groups in total. The van der Waals surface area contributed by atoms with Crippen LogP contribution in [0.25, 0.3) is 0 Å². The van der Waals surface area contributed by atoms with Crippen LogP contribution in [0.15, 0.2) is 24.3 Å². The molecule has 3 aliphatic rings. The number of anilines is 3. The smallest absolute Gasteiger partial charge is 0.416 e. The molecule has 5 atom stereocenters. The van der Waals surface area contributed by atoms with E-state index in [2.05, 4.69) is 5.32 Å². The number of carbonyl (C=O) groups is 6. The summed E-state index contributed by atoms with van der Waals surface area (Å²) in [5.41, 5.74) is -2.69. The van der Waals surface area contributed by atoms with Gasteiger partial charge in [0.15, 0.2) is 34.7 Å². The van der Waals surface area contributed by atoms with Crippen LogP contribution in [0.2, 0.25) is 0 Å². The highest BCUT2D eigenvalue weighted by atomic mass is 19.4. The van der Waals surface area contributed by atoms with Crippen molar-refractivity contribution in [2.45, 2.75) is 37.2 Å². The van der Waals surface area contributed by atoms with E-state index in [0.717, 1.165) is 0 Å². The van der Waals surface area contributed by atoms with Gasteiger partial charge in [0, 0.05) is 37.8 Å². The number of aliphatic hydroxyl groups is 1. The first-order chi connectivity index (χ1) is 22.1. The summed E-state index contributed by atoms with van der Waals surface area (Å²) in [5.74, 6) is -13.0. The van der Waals surface area contributed by atoms with Gasteiger partial charge in [-0.2, -0.15) is 26.3 Å². The van der Waals surface area contributed by atoms with Crippen molar-refractivity contribution in [1.82, 2.24) is 0 Å².